The molecule has 1 aliphatic rings. The number of hydrogen-bond donors (Lipinski definition) is 2. The van der Waals surface area contributed by atoms with Crippen molar-refractivity contribution in [1.29, 1.82) is 0 Å². The number of hydrogen-bond acceptors (Lipinski definition) is 3. The molecule has 3 aromatic rings. The number of aromatic nitrogens is 3. The van der Waals surface area contributed by atoms with Crippen LogP contribution < -0.4 is 11.0 Å². The molecule has 0 atom stereocenters. The summed E-state index contributed by atoms with van der Waals surface area (Å²) in [5.41, 5.74) is 0.108. The molecule has 2 aromatic heterocycles. The normalized spacial score (nSPS) is 15.5. The Kier molecular flexibility index (Phi) is 2.77. The number of nitrogens with zero attached hydrogens (tertiary/aromatic N) is 3. The van der Waals surface area contributed by atoms with E-state index < -0.39 is 11.6 Å². The van der Waals surface area contributed by atoms with Gasteiger partial charge in [0.15, 0.2) is 0 Å². The first-order valence-corrected chi connectivity index (χ1v) is 7.28. The number of para-hydroxylation sites is 1. The smallest absolute Gasteiger partial charge is 0.405 e. The van der Waals surface area contributed by atoms with Gasteiger partial charge < -0.3 is 10.4 Å². The van der Waals surface area contributed by atoms with Gasteiger partial charge in [0.05, 0.1) is 5.69 Å². The van der Waals surface area contributed by atoms with E-state index in [1.54, 1.807) is 30.5 Å². The van der Waals surface area contributed by atoms with E-state index >= 15 is 0 Å². The molecule has 7 heteroatoms. The third kappa shape index (κ3) is 2.09. The molecule has 1 saturated carbocycles. The molecule has 0 saturated heterocycles. The van der Waals surface area contributed by atoms with Gasteiger partial charge in [-0.05, 0) is 37.1 Å². The predicted octanol–water partition coefficient (Wildman–Crippen LogP) is 1.74. The first-order chi connectivity index (χ1) is 11.1. The van der Waals surface area contributed by atoms with Gasteiger partial charge in [0, 0.05) is 6.20 Å². The van der Waals surface area contributed by atoms with Crippen molar-refractivity contribution in [2.75, 3.05) is 0 Å². The molecular formula is C16H14N4O3. The fourth-order valence-corrected chi connectivity index (χ4v) is 2.85. The summed E-state index contributed by atoms with van der Waals surface area (Å²) in [5, 5.41) is 11.6. The molecule has 1 aromatic carbocycles. The Bertz CT molecular complexity index is 954. The molecule has 7 nitrogen and oxygen atoms in total. The Morgan fingerprint density at radius 3 is 2.57 bits per heavy atom. The van der Waals surface area contributed by atoms with Crippen LogP contribution in [0.3, 0.4) is 0 Å². The van der Waals surface area contributed by atoms with Crippen LogP contribution in [0.1, 0.15) is 18.7 Å². The van der Waals surface area contributed by atoms with Crippen molar-refractivity contribution in [3.8, 4) is 5.69 Å². The van der Waals surface area contributed by atoms with Crippen LogP contribution in [0.2, 0.25) is 0 Å². The first kappa shape index (κ1) is 13.6. The minimum absolute atomic E-state index is 0.264. The van der Waals surface area contributed by atoms with Crippen molar-refractivity contribution in [1.82, 2.24) is 19.3 Å². The lowest BCUT2D eigenvalue weighted by Gasteiger charge is -2.20. The molecule has 1 fully saturated rings. The zero-order chi connectivity index (χ0) is 16.0. The zero-order valence-corrected chi connectivity index (χ0v) is 12.1. The summed E-state index contributed by atoms with van der Waals surface area (Å²) in [6.45, 7) is 0. The molecule has 0 radical (unpaired) electrons. The summed E-state index contributed by atoms with van der Waals surface area (Å²) in [4.78, 5) is 28.6. The third-order valence-corrected chi connectivity index (χ3v) is 4.10. The van der Waals surface area contributed by atoms with Gasteiger partial charge in [-0.2, -0.15) is 0 Å². The molecule has 0 unspecified atom stereocenters. The molecule has 2 N–H and O–H groups in total. The summed E-state index contributed by atoms with van der Waals surface area (Å²) in [6, 6.07) is 12.6. The van der Waals surface area contributed by atoms with E-state index in [-0.39, 0.29) is 5.69 Å². The Labute approximate surface area is 130 Å². The second-order valence-corrected chi connectivity index (χ2v) is 5.64. The lowest BCUT2D eigenvalue weighted by Crippen LogP contribution is -2.40. The van der Waals surface area contributed by atoms with E-state index in [1.165, 1.54) is 8.97 Å². The topological polar surface area (TPSA) is 88.6 Å². The molecule has 4 rings (SSSR count). The van der Waals surface area contributed by atoms with E-state index in [1.807, 2.05) is 18.2 Å². The highest BCUT2D eigenvalue weighted by molar-refractivity contribution is 5.67. The van der Waals surface area contributed by atoms with Gasteiger partial charge in [-0.3, -0.25) is 4.40 Å². The standard InChI is InChI=1S/C16H14N4O3/c21-14(22)18-16(8-9-16)13-17-12-7-4-10-19(12)15(23)20(13)11-5-2-1-3-6-11/h1-7,10,18H,8-9H2,(H,21,22). The SMILES string of the molecule is O=C(O)NC1(c2nc3cccn3c(=O)n2-c2ccccc2)CC1. The van der Waals surface area contributed by atoms with Crippen molar-refractivity contribution in [2.24, 2.45) is 0 Å². The van der Waals surface area contributed by atoms with E-state index in [0.717, 1.165) is 0 Å². The highest BCUT2D eigenvalue weighted by atomic mass is 16.4. The number of rotatable bonds is 3. The fourth-order valence-electron chi connectivity index (χ4n) is 2.85. The molecule has 23 heavy (non-hydrogen) atoms. The van der Waals surface area contributed by atoms with Crippen molar-refractivity contribution >= 4 is 11.7 Å². The van der Waals surface area contributed by atoms with E-state index in [4.69, 9.17) is 5.11 Å². The van der Waals surface area contributed by atoms with Gasteiger partial charge in [0.2, 0.25) is 0 Å². The number of amides is 1. The van der Waals surface area contributed by atoms with Crippen LogP contribution in [-0.4, -0.2) is 25.2 Å². The summed E-state index contributed by atoms with van der Waals surface area (Å²) in [5.74, 6) is 0.433. The molecule has 2 heterocycles. The summed E-state index contributed by atoms with van der Waals surface area (Å²) in [7, 11) is 0. The number of carbonyl (C=O) groups is 1. The fraction of sp³-hybridized carbons (Fsp3) is 0.188. The maximum atomic E-state index is 12.9. The Morgan fingerprint density at radius 1 is 1.17 bits per heavy atom. The van der Waals surface area contributed by atoms with Crippen LogP contribution in [0.4, 0.5) is 4.79 Å². The monoisotopic (exact) mass is 310 g/mol. The van der Waals surface area contributed by atoms with Crippen LogP contribution in [0.15, 0.2) is 53.5 Å². The molecule has 1 amide bonds. The van der Waals surface area contributed by atoms with Crippen LogP contribution in [0, 0.1) is 0 Å². The van der Waals surface area contributed by atoms with Crippen LogP contribution >= 0.6 is 0 Å². The summed E-state index contributed by atoms with van der Waals surface area (Å²) in [6.07, 6.45) is 1.77. The van der Waals surface area contributed by atoms with Gasteiger partial charge >= 0.3 is 11.8 Å². The average molecular weight is 310 g/mol. The summed E-state index contributed by atoms with van der Waals surface area (Å²) < 4.78 is 2.93. The van der Waals surface area contributed by atoms with E-state index in [9.17, 15) is 9.59 Å². The molecular weight excluding hydrogens is 296 g/mol. The lowest BCUT2D eigenvalue weighted by atomic mass is 10.2. The molecule has 116 valence electrons. The average Bonchev–Trinajstić information content (AvgIpc) is 3.14. The first-order valence-electron chi connectivity index (χ1n) is 7.28. The van der Waals surface area contributed by atoms with Crippen LogP contribution in [-0.2, 0) is 5.54 Å². The minimum Gasteiger partial charge on any atom is -0.465 e. The molecule has 0 aliphatic heterocycles. The number of nitrogens with one attached hydrogen (secondary N) is 1. The van der Waals surface area contributed by atoms with Gasteiger partial charge in [-0.1, -0.05) is 18.2 Å². The van der Waals surface area contributed by atoms with Crippen LogP contribution in [0.25, 0.3) is 11.3 Å². The quantitative estimate of drug-likeness (QED) is 0.771. The second kappa shape index (κ2) is 4.70. The Hall–Kier alpha value is -3.09. The Morgan fingerprint density at radius 2 is 1.91 bits per heavy atom. The largest absolute Gasteiger partial charge is 0.465 e. The number of benzene rings is 1. The molecule has 0 spiro atoms. The number of fused-ring (bicyclic) bond motifs is 1. The Balaban J connectivity index is 2.03. The van der Waals surface area contributed by atoms with Gasteiger partial charge in [0.25, 0.3) is 0 Å². The maximum Gasteiger partial charge on any atom is 0.405 e. The van der Waals surface area contributed by atoms with E-state index in [2.05, 4.69) is 10.3 Å². The van der Waals surface area contributed by atoms with E-state index in [0.29, 0.717) is 30.0 Å². The highest BCUT2D eigenvalue weighted by Crippen LogP contribution is 2.44. The summed E-state index contributed by atoms with van der Waals surface area (Å²) >= 11 is 0. The van der Waals surface area contributed by atoms with Gasteiger partial charge in [0.1, 0.15) is 17.0 Å². The highest BCUT2D eigenvalue weighted by Gasteiger charge is 2.50. The molecule has 1 aliphatic carbocycles. The molecule has 0 bridgehead atoms. The van der Waals surface area contributed by atoms with Gasteiger partial charge in [-0.15, -0.1) is 0 Å². The lowest BCUT2D eigenvalue weighted by molar-refractivity contribution is 0.187. The van der Waals surface area contributed by atoms with Crippen molar-refractivity contribution in [3.05, 3.63) is 65.0 Å². The third-order valence-electron chi connectivity index (χ3n) is 4.10. The van der Waals surface area contributed by atoms with Crippen molar-refractivity contribution in [3.63, 3.8) is 0 Å². The minimum atomic E-state index is -1.12. The van der Waals surface area contributed by atoms with Crippen molar-refractivity contribution in [2.45, 2.75) is 18.4 Å². The second-order valence-electron chi connectivity index (χ2n) is 5.64. The van der Waals surface area contributed by atoms with Gasteiger partial charge in [-0.25, -0.2) is 19.1 Å². The number of carboxylic acid groups (broad SMARTS) is 1. The van der Waals surface area contributed by atoms with Crippen LogP contribution in [0.5, 0.6) is 0 Å². The zero-order valence-electron chi connectivity index (χ0n) is 12.1. The predicted molar refractivity (Wildman–Crippen MR) is 82.9 cm³/mol. The maximum absolute atomic E-state index is 12.9. The van der Waals surface area contributed by atoms with Crippen molar-refractivity contribution < 1.29 is 9.90 Å².